The SMILES string of the molecule is Cc1c(O)c(=O)ccn1C[C@@H](O)c1ccccc1. The predicted molar refractivity (Wildman–Crippen MR) is 68.5 cm³/mol. The summed E-state index contributed by atoms with van der Waals surface area (Å²) in [6.45, 7) is 1.94. The van der Waals surface area contributed by atoms with Crippen molar-refractivity contribution in [3.05, 3.63) is 64.1 Å². The van der Waals surface area contributed by atoms with Crippen LogP contribution in [0.4, 0.5) is 0 Å². The average molecular weight is 245 g/mol. The van der Waals surface area contributed by atoms with Gasteiger partial charge in [0, 0.05) is 12.3 Å². The summed E-state index contributed by atoms with van der Waals surface area (Å²) in [5.41, 5.74) is 0.852. The minimum absolute atomic E-state index is 0.266. The molecule has 1 atom stereocenters. The molecule has 2 aromatic rings. The number of aromatic nitrogens is 1. The molecule has 0 saturated carbocycles. The maximum atomic E-state index is 11.2. The normalized spacial score (nSPS) is 12.3. The molecule has 0 amide bonds. The molecule has 0 radical (unpaired) electrons. The average Bonchev–Trinajstić information content (AvgIpc) is 2.40. The Labute approximate surface area is 105 Å². The number of hydrogen-bond acceptors (Lipinski definition) is 3. The standard InChI is InChI=1S/C14H15NO3/c1-10-14(18)12(16)7-8-15(10)9-13(17)11-5-3-2-4-6-11/h2-8,13,17-18H,9H2,1H3/t13-/m1/s1. The highest BCUT2D eigenvalue weighted by atomic mass is 16.3. The van der Waals surface area contributed by atoms with E-state index in [1.54, 1.807) is 17.7 Å². The summed E-state index contributed by atoms with van der Waals surface area (Å²) in [7, 11) is 0. The van der Waals surface area contributed by atoms with Gasteiger partial charge in [-0.3, -0.25) is 4.79 Å². The van der Waals surface area contributed by atoms with Gasteiger partial charge in [0.25, 0.3) is 0 Å². The van der Waals surface area contributed by atoms with E-state index in [4.69, 9.17) is 0 Å². The van der Waals surface area contributed by atoms with Crippen molar-refractivity contribution in [3.63, 3.8) is 0 Å². The van der Waals surface area contributed by atoms with Crippen LogP contribution in [0.15, 0.2) is 47.4 Å². The Bertz CT molecular complexity index is 590. The van der Waals surface area contributed by atoms with Crippen molar-refractivity contribution in [2.75, 3.05) is 0 Å². The van der Waals surface area contributed by atoms with Crippen LogP contribution in [0.25, 0.3) is 0 Å². The second kappa shape index (κ2) is 5.06. The lowest BCUT2D eigenvalue weighted by molar-refractivity contribution is 0.155. The van der Waals surface area contributed by atoms with Gasteiger partial charge in [0.2, 0.25) is 5.43 Å². The van der Waals surface area contributed by atoms with E-state index in [0.29, 0.717) is 12.2 Å². The summed E-state index contributed by atoms with van der Waals surface area (Å²) >= 11 is 0. The van der Waals surface area contributed by atoms with Crippen molar-refractivity contribution in [3.8, 4) is 5.75 Å². The van der Waals surface area contributed by atoms with Crippen molar-refractivity contribution in [2.24, 2.45) is 0 Å². The minimum Gasteiger partial charge on any atom is -0.503 e. The van der Waals surface area contributed by atoms with Crippen molar-refractivity contribution < 1.29 is 10.2 Å². The fourth-order valence-electron chi connectivity index (χ4n) is 1.83. The topological polar surface area (TPSA) is 62.5 Å². The van der Waals surface area contributed by atoms with Crippen LogP contribution in [-0.4, -0.2) is 14.8 Å². The lowest BCUT2D eigenvalue weighted by atomic mass is 10.1. The molecule has 1 heterocycles. The van der Waals surface area contributed by atoms with Crippen LogP contribution in [0.2, 0.25) is 0 Å². The third-order valence-corrected chi connectivity index (χ3v) is 2.97. The zero-order valence-corrected chi connectivity index (χ0v) is 10.1. The summed E-state index contributed by atoms with van der Waals surface area (Å²) in [4.78, 5) is 11.2. The number of aromatic hydroxyl groups is 1. The Morgan fingerprint density at radius 3 is 2.56 bits per heavy atom. The molecule has 4 heteroatoms. The molecular weight excluding hydrogens is 230 g/mol. The molecule has 2 rings (SSSR count). The summed E-state index contributed by atoms with van der Waals surface area (Å²) in [6.07, 6.45) is 0.899. The van der Waals surface area contributed by atoms with Crippen molar-refractivity contribution >= 4 is 0 Å². The highest BCUT2D eigenvalue weighted by Crippen LogP contribution is 2.17. The fraction of sp³-hybridized carbons (Fsp3) is 0.214. The van der Waals surface area contributed by atoms with Gasteiger partial charge in [0.15, 0.2) is 5.75 Å². The first kappa shape index (κ1) is 12.4. The smallest absolute Gasteiger partial charge is 0.223 e. The largest absolute Gasteiger partial charge is 0.503 e. The lowest BCUT2D eigenvalue weighted by Gasteiger charge is -2.16. The van der Waals surface area contributed by atoms with E-state index >= 15 is 0 Å². The monoisotopic (exact) mass is 245 g/mol. The van der Waals surface area contributed by atoms with Gasteiger partial charge in [0.1, 0.15) is 0 Å². The zero-order valence-electron chi connectivity index (χ0n) is 10.1. The lowest BCUT2D eigenvalue weighted by Crippen LogP contribution is -2.14. The summed E-state index contributed by atoms with van der Waals surface area (Å²) < 4.78 is 1.66. The molecule has 18 heavy (non-hydrogen) atoms. The maximum Gasteiger partial charge on any atom is 0.223 e. The number of pyridine rings is 1. The molecule has 0 spiro atoms. The summed E-state index contributed by atoms with van der Waals surface area (Å²) in [6, 6.07) is 10.6. The first-order chi connectivity index (χ1) is 8.59. The van der Waals surface area contributed by atoms with E-state index in [-0.39, 0.29) is 5.75 Å². The molecular formula is C14H15NO3. The molecule has 1 aromatic heterocycles. The van der Waals surface area contributed by atoms with Crippen molar-refractivity contribution in [1.82, 2.24) is 4.57 Å². The molecule has 0 aliphatic carbocycles. The first-order valence-corrected chi connectivity index (χ1v) is 5.71. The molecule has 2 N–H and O–H groups in total. The number of rotatable bonds is 3. The molecule has 0 bridgehead atoms. The summed E-state index contributed by atoms with van der Waals surface area (Å²) in [5, 5.41) is 19.6. The van der Waals surface area contributed by atoms with E-state index in [0.717, 1.165) is 5.56 Å². The Morgan fingerprint density at radius 1 is 1.22 bits per heavy atom. The van der Waals surface area contributed by atoms with E-state index in [1.807, 2.05) is 30.3 Å². The molecule has 0 saturated heterocycles. The Morgan fingerprint density at radius 2 is 1.89 bits per heavy atom. The second-order valence-electron chi connectivity index (χ2n) is 4.19. The predicted octanol–water partition coefficient (Wildman–Crippen LogP) is 1.60. The molecule has 0 aliphatic heterocycles. The van der Waals surface area contributed by atoms with Crippen LogP contribution in [0.5, 0.6) is 5.75 Å². The van der Waals surface area contributed by atoms with Gasteiger partial charge in [0.05, 0.1) is 18.3 Å². The number of benzene rings is 1. The molecule has 94 valence electrons. The van der Waals surface area contributed by atoms with Gasteiger partial charge in [-0.15, -0.1) is 0 Å². The Hall–Kier alpha value is -2.07. The molecule has 0 aliphatic rings. The number of aliphatic hydroxyl groups excluding tert-OH is 1. The molecule has 0 unspecified atom stereocenters. The van der Waals surface area contributed by atoms with Crippen LogP contribution >= 0.6 is 0 Å². The van der Waals surface area contributed by atoms with E-state index < -0.39 is 11.5 Å². The zero-order chi connectivity index (χ0) is 13.1. The van der Waals surface area contributed by atoms with Gasteiger partial charge in [-0.1, -0.05) is 30.3 Å². The van der Waals surface area contributed by atoms with Crippen LogP contribution in [0.3, 0.4) is 0 Å². The third kappa shape index (κ3) is 2.43. The Kier molecular flexibility index (Phi) is 3.48. The van der Waals surface area contributed by atoms with Crippen molar-refractivity contribution in [1.29, 1.82) is 0 Å². The van der Waals surface area contributed by atoms with Crippen LogP contribution in [-0.2, 0) is 6.54 Å². The van der Waals surface area contributed by atoms with Gasteiger partial charge in [-0.25, -0.2) is 0 Å². The first-order valence-electron chi connectivity index (χ1n) is 5.71. The molecule has 1 aromatic carbocycles. The van der Waals surface area contributed by atoms with E-state index in [2.05, 4.69) is 0 Å². The van der Waals surface area contributed by atoms with Crippen molar-refractivity contribution in [2.45, 2.75) is 19.6 Å². The van der Waals surface area contributed by atoms with Gasteiger partial charge in [-0.2, -0.15) is 0 Å². The van der Waals surface area contributed by atoms with Gasteiger partial charge in [-0.05, 0) is 12.5 Å². The quantitative estimate of drug-likeness (QED) is 0.863. The van der Waals surface area contributed by atoms with Crippen LogP contribution < -0.4 is 5.43 Å². The van der Waals surface area contributed by atoms with E-state index in [1.165, 1.54) is 6.07 Å². The third-order valence-electron chi connectivity index (χ3n) is 2.97. The summed E-state index contributed by atoms with van der Waals surface area (Å²) in [5.74, 6) is -0.266. The van der Waals surface area contributed by atoms with E-state index in [9.17, 15) is 15.0 Å². The number of aliphatic hydroxyl groups is 1. The fourth-order valence-corrected chi connectivity index (χ4v) is 1.83. The number of nitrogens with zero attached hydrogens (tertiary/aromatic N) is 1. The minimum atomic E-state index is -0.674. The molecule has 0 fully saturated rings. The van der Waals surface area contributed by atoms with Crippen LogP contribution in [0, 0.1) is 6.92 Å². The highest BCUT2D eigenvalue weighted by Gasteiger charge is 2.11. The molecule has 4 nitrogen and oxygen atoms in total. The highest BCUT2D eigenvalue weighted by molar-refractivity contribution is 5.25. The van der Waals surface area contributed by atoms with Gasteiger partial charge >= 0.3 is 0 Å². The maximum absolute atomic E-state index is 11.2. The Balaban J connectivity index is 2.25. The van der Waals surface area contributed by atoms with Crippen LogP contribution in [0.1, 0.15) is 17.4 Å². The van der Waals surface area contributed by atoms with Gasteiger partial charge < -0.3 is 14.8 Å². The second-order valence-corrected chi connectivity index (χ2v) is 4.19. The number of hydrogen-bond donors (Lipinski definition) is 2.